The van der Waals surface area contributed by atoms with Crippen molar-refractivity contribution in [1.82, 2.24) is 0 Å². The summed E-state index contributed by atoms with van der Waals surface area (Å²) in [6.07, 6.45) is -1.43. The minimum atomic E-state index is -1.42. The van der Waals surface area contributed by atoms with Crippen molar-refractivity contribution >= 4 is 11.3 Å². The van der Waals surface area contributed by atoms with E-state index in [1.165, 1.54) is 9.75 Å². The van der Waals surface area contributed by atoms with Gasteiger partial charge in [0.2, 0.25) is 5.79 Å². The summed E-state index contributed by atoms with van der Waals surface area (Å²) in [7, 11) is 0. The Hall–Kier alpha value is -1.28. The van der Waals surface area contributed by atoms with E-state index in [0.717, 1.165) is 36.0 Å². The molecule has 146 valence electrons. The van der Waals surface area contributed by atoms with Gasteiger partial charge in [-0.1, -0.05) is 25.5 Å². The zero-order valence-corrected chi connectivity index (χ0v) is 16.4. The predicted molar refractivity (Wildman–Crippen MR) is 103 cm³/mol. The molecule has 1 saturated heterocycles. The molecule has 6 heteroatoms. The average molecular weight is 391 g/mol. The fraction of sp³-hybridized carbons (Fsp3) is 0.524. The number of hydrogen-bond acceptors (Lipinski definition) is 6. The standard InChI is InChI=1S/C21H26O5S/c1-3-4-15-7-8-16(27-15)9-13-5-6-14-11-25-21(17(14)10-13)20(24)19(23)18(22)12(2)26-21/h5-8,10,12,18-20,22-24H,3-4,9,11H2,1-2H3/t12-,18-,19+,20-,21+/m1/s1. The molecule has 0 aliphatic carbocycles. The zero-order chi connectivity index (χ0) is 19.2. The molecule has 2 aromatic rings. The van der Waals surface area contributed by atoms with Crippen LogP contribution in [0.5, 0.6) is 0 Å². The van der Waals surface area contributed by atoms with Crippen LogP contribution in [0, 0.1) is 0 Å². The van der Waals surface area contributed by atoms with E-state index in [4.69, 9.17) is 9.47 Å². The average Bonchev–Trinajstić information content (AvgIpc) is 3.24. The van der Waals surface area contributed by atoms with Gasteiger partial charge in [0.05, 0.1) is 12.7 Å². The van der Waals surface area contributed by atoms with Crippen molar-refractivity contribution in [3.8, 4) is 0 Å². The van der Waals surface area contributed by atoms with Crippen LogP contribution in [0.3, 0.4) is 0 Å². The summed E-state index contributed by atoms with van der Waals surface area (Å²) in [4.78, 5) is 2.69. The number of aliphatic hydroxyl groups excluding tert-OH is 3. The zero-order valence-electron chi connectivity index (χ0n) is 15.6. The fourth-order valence-corrected chi connectivity index (χ4v) is 5.15. The van der Waals surface area contributed by atoms with Crippen LogP contribution in [0.2, 0.25) is 0 Å². The molecule has 0 radical (unpaired) electrons. The van der Waals surface area contributed by atoms with Gasteiger partial charge in [-0.15, -0.1) is 11.3 Å². The summed E-state index contributed by atoms with van der Waals surface area (Å²) in [6, 6.07) is 10.4. The van der Waals surface area contributed by atoms with Crippen molar-refractivity contribution in [2.45, 2.75) is 69.9 Å². The molecule has 4 rings (SSSR count). The molecule has 0 amide bonds. The van der Waals surface area contributed by atoms with Crippen molar-refractivity contribution in [2.24, 2.45) is 0 Å². The molecule has 1 aromatic heterocycles. The predicted octanol–water partition coefficient (Wildman–Crippen LogP) is 2.48. The molecule has 5 nitrogen and oxygen atoms in total. The fourth-order valence-electron chi connectivity index (χ4n) is 3.99. The molecule has 3 heterocycles. The van der Waals surface area contributed by atoms with Gasteiger partial charge in [0.1, 0.15) is 18.3 Å². The van der Waals surface area contributed by atoms with Crippen LogP contribution in [-0.4, -0.2) is 39.7 Å². The lowest BCUT2D eigenvalue weighted by Crippen LogP contribution is -2.62. The van der Waals surface area contributed by atoms with Crippen LogP contribution in [0.4, 0.5) is 0 Å². The van der Waals surface area contributed by atoms with Crippen molar-refractivity contribution in [3.63, 3.8) is 0 Å². The van der Waals surface area contributed by atoms with E-state index >= 15 is 0 Å². The SMILES string of the molecule is CCCc1ccc(Cc2ccc3c(c2)[C@]2(OC3)O[C@H](C)[C@@H](O)[C@H](O)[C@H]2O)s1. The van der Waals surface area contributed by atoms with Crippen molar-refractivity contribution in [1.29, 1.82) is 0 Å². The number of aryl methyl sites for hydroxylation is 1. The van der Waals surface area contributed by atoms with Crippen molar-refractivity contribution < 1.29 is 24.8 Å². The topological polar surface area (TPSA) is 79.2 Å². The number of aliphatic hydroxyl groups is 3. The lowest BCUT2D eigenvalue weighted by atomic mass is 9.87. The summed E-state index contributed by atoms with van der Waals surface area (Å²) in [5, 5.41) is 30.9. The van der Waals surface area contributed by atoms with Gasteiger partial charge in [0.15, 0.2) is 0 Å². The van der Waals surface area contributed by atoms with E-state index < -0.39 is 30.2 Å². The molecule has 0 saturated carbocycles. The van der Waals surface area contributed by atoms with E-state index in [2.05, 4.69) is 25.1 Å². The normalized spacial score (nSPS) is 32.8. The van der Waals surface area contributed by atoms with E-state index in [-0.39, 0.29) is 0 Å². The summed E-state index contributed by atoms with van der Waals surface area (Å²) < 4.78 is 11.8. The van der Waals surface area contributed by atoms with Crippen molar-refractivity contribution in [2.75, 3.05) is 0 Å². The molecule has 1 spiro atoms. The summed E-state index contributed by atoms with van der Waals surface area (Å²) in [6.45, 7) is 4.16. The molecule has 1 fully saturated rings. The Labute approximate surface area is 163 Å². The summed E-state index contributed by atoms with van der Waals surface area (Å²) in [5.41, 5.74) is 2.79. The number of fused-ring (bicyclic) bond motifs is 2. The second-order valence-electron chi connectivity index (χ2n) is 7.49. The van der Waals surface area contributed by atoms with E-state index in [1.54, 1.807) is 6.92 Å². The lowest BCUT2D eigenvalue weighted by Gasteiger charge is -2.45. The number of hydrogen-bond donors (Lipinski definition) is 3. The van der Waals surface area contributed by atoms with Gasteiger partial charge in [-0.25, -0.2) is 0 Å². The minimum absolute atomic E-state index is 0.307. The third-order valence-electron chi connectivity index (χ3n) is 5.49. The molecular formula is C21H26O5S. The molecule has 2 aliphatic heterocycles. The number of rotatable bonds is 4. The van der Waals surface area contributed by atoms with Gasteiger partial charge >= 0.3 is 0 Å². The van der Waals surface area contributed by atoms with Gasteiger partial charge in [-0.3, -0.25) is 0 Å². The molecule has 3 N–H and O–H groups in total. The van der Waals surface area contributed by atoms with Crippen molar-refractivity contribution in [3.05, 3.63) is 56.8 Å². The monoisotopic (exact) mass is 390 g/mol. The first-order valence-electron chi connectivity index (χ1n) is 9.50. The smallest absolute Gasteiger partial charge is 0.225 e. The molecule has 27 heavy (non-hydrogen) atoms. The molecule has 2 aliphatic rings. The Morgan fingerprint density at radius 3 is 2.67 bits per heavy atom. The van der Waals surface area contributed by atoms with Crippen LogP contribution in [0.15, 0.2) is 30.3 Å². The molecule has 5 atom stereocenters. The van der Waals surface area contributed by atoms with Gasteiger partial charge in [-0.05, 0) is 42.7 Å². The number of thiophene rings is 1. The number of benzene rings is 1. The molecule has 0 bridgehead atoms. The highest BCUT2D eigenvalue weighted by Crippen LogP contribution is 2.46. The van der Waals surface area contributed by atoms with E-state index in [1.807, 2.05) is 23.5 Å². The van der Waals surface area contributed by atoms with Crippen LogP contribution in [0.25, 0.3) is 0 Å². The largest absolute Gasteiger partial charge is 0.388 e. The van der Waals surface area contributed by atoms with Crippen LogP contribution < -0.4 is 0 Å². The highest BCUT2D eigenvalue weighted by Gasteiger charge is 2.57. The van der Waals surface area contributed by atoms with E-state index in [0.29, 0.717) is 6.61 Å². The molecule has 0 unspecified atom stereocenters. The third kappa shape index (κ3) is 3.24. The summed E-state index contributed by atoms with van der Waals surface area (Å²) >= 11 is 1.83. The number of ether oxygens (including phenoxy) is 2. The molecular weight excluding hydrogens is 364 g/mol. The van der Waals surface area contributed by atoms with Gasteiger partial charge in [0, 0.05) is 21.7 Å². The Morgan fingerprint density at radius 1 is 1.11 bits per heavy atom. The Kier molecular flexibility index (Phi) is 5.14. The van der Waals surface area contributed by atoms with Crippen LogP contribution in [-0.2, 0) is 34.7 Å². The maximum Gasteiger partial charge on any atom is 0.225 e. The minimum Gasteiger partial charge on any atom is -0.388 e. The van der Waals surface area contributed by atoms with Crippen LogP contribution >= 0.6 is 11.3 Å². The Morgan fingerprint density at radius 2 is 1.89 bits per heavy atom. The highest BCUT2D eigenvalue weighted by atomic mass is 32.1. The van der Waals surface area contributed by atoms with Crippen LogP contribution in [0.1, 0.15) is 46.7 Å². The first-order chi connectivity index (χ1) is 12.9. The summed E-state index contributed by atoms with van der Waals surface area (Å²) in [5.74, 6) is -1.42. The first kappa shape index (κ1) is 19.1. The highest BCUT2D eigenvalue weighted by molar-refractivity contribution is 7.12. The lowest BCUT2D eigenvalue weighted by molar-refractivity contribution is -0.362. The van der Waals surface area contributed by atoms with Gasteiger partial charge in [0.25, 0.3) is 0 Å². The first-order valence-corrected chi connectivity index (χ1v) is 10.3. The second kappa shape index (κ2) is 7.28. The second-order valence-corrected chi connectivity index (χ2v) is 8.74. The third-order valence-corrected chi connectivity index (χ3v) is 6.63. The quantitative estimate of drug-likeness (QED) is 0.748. The Bertz CT molecular complexity index is 819. The molecule has 1 aromatic carbocycles. The van der Waals surface area contributed by atoms with E-state index in [9.17, 15) is 15.3 Å². The van der Waals surface area contributed by atoms with Gasteiger partial charge < -0.3 is 24.8 Å². The maximum absolute atomic E-state index is 10.6. The van der Waals surface area contributed by atoms with Gasteiger partial charge in [-0.2, -0.15) is 0 Å². The maximum atomic E-state index is 10.6. The Balaban J connectivity index is 1.64.